The molecule has 1 aromatic rings. The van der Waals surface area contributed by atoms with Gasteiger partial charge < -0.3 is 19.1 Å². The Morgan fingerprint density at radius 2 is 2.17 bits per heavy atom. The fraction of sp³-hybridized carbons (Fsp3) is 0.500. The molecule has 1 aliphatic heterocycles. The van der Waals surface area contributed by atoms with Crippen LogP contribution < -0.4 is 4.74 Å². The molecule has 1 heterocycles. The molecular weight excluding hydrogens is 294 g/mol. The maximum absolute atomic E-state index is 12.8. The predicted octanol–water partition coefficient (Wildman–Crippen LogP) is 2.27. The van der Waals surface area contributed by atoms with E-state index in [0.717, 1.165) is 18.6 Å². The van der Waals surface area contributed by atoms with E-state index < -0.39 is 0 Å². The number of ether oxygens (including phenoxy) is 3. The van der Waals surface area contributed by atoms with E-state index in [4.69, 9.17) is 14.2 Å². The molecular formula is C18H23NO4. The van der Waals surface area contributed by atoms with Gasteiger partial charge >= 0.3 is 0 Å². The van der Waals surface area contributed by atoms with Crippen LogP contribution in [-0.2, 0) is 9.47 Å². The van der Waals surface area contributed by atoms with Crippen molar-refractivity contribution >= 4 is 5.91 Å². The molecule has 5 nitrogen and oxygen atoms in total. The SMILES string of the molecule is C=CCOc1ccc(C(=O)N2CCO[C@H]3[C@H](OC)CC[C@@H]32)cc1. The topological polar surface area (TPSA) is 48.0 Å². The number of hydrogen-bond acceptors (Lipinski definition) is 4. The molecule has 0 aromatic heterocycles. The average Bonchev–Trinajstić information content (AvgIpc) is 3.03. The molecule has 23 heavy (non-hydrogen) atoms. The molecule has 1 aliphatic carbocycles. The van der Waals surface area contributed by atoms with Crippen molar-refractivity contribution < 1.29 is 19.0 Å². The summed E-state index contributed by atoms with van der Waals surface area (Å²) in [6, 6.07) is 7.38. The van der Waals surface area contributed by atoms with E-state index >= 15 is 0 Å². The van der Waals surface area contributed by atoms with E-state index in [-0.39, 0.29) is 24.2 Å². The number of nitrogens with zero attached hydrogens (tertiary/aromatic N) is 1. The van der Waals surface area contributed by atoms with E-state index in [1.807, 2.05) is 29.2 Å². The molecule has 0 N–H and O–H groups in total. The first-order valence-corrected chi connectivity index (χ1v) is 8.03. The average molecular weight is 317 g/mol. The van der Waals surface area contributed by atoms with Crippen LogP contribution in [0.5, 0.6) is 5.75 Å². The summed E-state index contributed by atoms with van der Waals surface area (Å²) in [5.74, 6) is 0.789. The van der Waals surface area contributed by atoms with Crippen LogP contribution in [0.15, 0.2) is 36.9 Å². The third kappa shape index (κ3) is 3.26. The standard InChI is InChI=1S/C18H23NO4/c1-3-11-22-14-6-4-13(5-7-14)18(20)19-10-12-23-17-15(19)8-9-16(17)21-2/h3-7,15-17H,1,8-12H2,2H3/t15-,16+,17+/m0/s1. The molecule has 3 rings (SSSR count). The van der Waals surface area contributed by atoms with Crippen molar-refractivity contribution in [1.29, 1.82) is 0 Å². The number of benzene rings is 1. The van der Waals surface area contributed by atoms with Gasteiger partial charge in [0.15, 0.2) is 0 Å². The first kappa shape index (κ1) is 16.0. The Bertz CT molecular complexity index is 557. The molecule has 3 atom stereocenters. The van der Waals surface area contributed by atoms with Gasteiger partial charge in [0.05, 0.1) is 18.8 Å². The minimum absolute atomic E-state index is 0.00658. The Morgan fingerprint density at radius 1 is 1.39 bits per heavy atom. The first-order chi connectivity index (χ1) is 11.2. The molecule has 0 radical (unpaired) electrons. The summed E-state index contributed by atoms with van der Waals surface area (Å²) in [6.07, 6.45) is 3.64. The summed E-state index contributed by atoms with van der Waals surface area (Å²) in [4.78, 5) is 14.8. The fourth-order valence-electron chi connectivity index (χ4n) is 3.43. The van der Waals surface area contributed by atoms with E-state index in [1.54, 1.807) is 13.2 Å². The van der Waals surface area contributed by atoms with Crippen molar-refractivity contribution in [2.75, 3.05) is 26.9 Å². The maximum Gasteiger partial charge on any atom is 0.254 e. The normalized spacial score (nSPS) is 26.7. The monoisotopic (exact) mass is 317 g/mol. The Balaban J connectivity index is 1.71. The van der Waals surface area contributed by atoms with Gasteiger partial charge in [0, 0.05) is 19.2 Å². The lowest BCUT2D eigenvalue weighted by atomic mass is 10.1. The zero-order valence-electron chi connectivity index (χ0n) is 13.4. The molecule has 0 spiro atoms. The van der Waals surface area contributed by atoms with Gasteiger partial charge in [0.2, 0.25) is 0 Å². The van der Waals surface area contributed by atoms with Gasteiger partial charge in [-0.05, 0) is 37.1 Å². The molecule has 1 amide bonds. The summed E-state index contributed by atoms with van der Waals surface area (Å²) < 4.78 is 16.8. The van der Waals surface area contributed by atoms with Crippen LogP contribution in [0.3, 0.4) is 0 Å². The minimum atomic E-state index is -0.00658. The number of rotatable bonds is 5. The van der Waals surface area contributed by atoms with Crippen LogP contribution in [0.4, 0.5) is 0 Å². The zero-order chi connectivity index (χ0) is 16.2. The highest BCUT2D eigenvalue weighted by Gasteiger charge is 2.44. The maximum atomic E-state index is 12.8. The second-order valence-electron chi connectivity index (χ2n) is 5.88. The number of amides is 1. The lowest BCUT2D eigenvalue weighted by Gasteiger charge is -2.39. The summed E-state index contributed by atoms with van der Waals surface area (Å²) in [6.45, 7) is 5.27. The highest BCUT2D eigenvalue weighted by molar-refractivity contribution is 5.94. The number of morpholine rings is 1. The summed E-state index contributed by atoms with van der Waals surface area (Å²) in [5.41, 5.74) is 0.678. The molecule has 1 saturated heterocycles. The van der Waals surface area contributed by atoms with Crippen LogP contribution in [0.1, 0.15) is 23.2 Å². The van der Waals surface area contributed by atoms with Crippen molar-refractivity contribution in [3.8, 4) is 5.75 Å². The van der Waals surface area contributed by atoms with Crippen LogP contribution in [0.2, 0.25) is 0 Å². The Morgan fingerprint density at radius 3 is 2.87 bits per heavy atom. The summed E-state index contributed by atoms with van der Waals surface area (Å²) >= 11 is 0. The molecule has 1 saturated carbocycles. The fourth-order valence-corrected chi connectivity index (χ4v) is 3.43. The van der Waals surface area contributed by atoms with E-state index in [9.17, 15) is 4.79 Å². The van der Waals surface area contributed by atoms with Crippen molar-refractivity contribution in [2.45, 2.75) is 31.1 Å². The van der Waals surface area contributed by atoms with E-state index in [0.29, 0.717) is 25.3 Å². The van der Waals surface area contributed by atoms with Gasteiger partial charge in [-0.3, -0.25) is 4.79 Å². The third-order valence-corrected chi connectivity index (χ3v) is 4.57. The van der Waals surface area contributed by atoms with E-state index in [1.165, 1.54) is 0 Å². The Kier molecular flexibility index (Phi) is 4.98. The molecule has 2 aliphatic rings. The third-order valence-electron chi connectivity index (χ3n) is 4.57. The van der Waals surface area contributed by atoms with E-state index in [2.05, 4.69) is 6.58 Å². The molecule has 0 unspecified atom stereocenters. The van der Waals surface area contributed by atoms with Crippen molar-refractivity contribution in [1.82, 2.24) is 4.90 Å². The van der Waals surface area contributed by atoms with Crippen LogP contribution in [0, 0.1) is 0 Å². The second kappa shape index (κ2) is 7.15. The molecule has 0 bridgehead atoms. The van der Waals surface area contributed by atoms with Crippen LogP contribution in [0.25, 0.3) is 0 Å². The van der Waals surface area contributed by atoms with Gasteiger partial charge in [-0.1, -0.05) is 12.7 Å². The number of hydrogen-bond donors (Lipinski definition) is 0. The molecule has 2 fully saturated rings. The van der Waals surface area contributed by atoms with Crippen molar-refractivity contribution in [2.24, 2.45) is 0 Å². The zero-order valence-corrected chi connectivity index (χ0v) is 13.4. The van der Waals surface area contributed by atoms with Crippen LogP contribution >= 0.6 is 0 Å². The van der Waals surface area contributed by atoms with Gasteiger partial charge in [0.25, 0.3) is 5.91 Å². The largest absolute Gasteiger partial charge is 0.490 e. The number of methoxy groups -OCH3 is 1. The van der Waals surface area contributed by atoms with Gasteiger partial charge in [-0.15, -0.1) is 0 Å². The minimum Gasteiger partial charge on any atom is -0.490 e. The summed E-state index contributed by atoms with van der Waals surface area (Å²) in [7, 11) is 1.71. The highest BCUT2D eigenvalue weighted by Crippen LogP contribution is 2.32. The number of fused-ring (bicyclic) bond motifs is 1. The lowest BCUT2D eigenvalue weighted by Crippen LogP contribution is -2.53. The number of carbonyl (C=O) groups is 1. The molecule has 1 aromatic carbocycles. The van der Waals surface area contributed by atoms with Gasteiger partial charge in [0.1, 0.15) is 18.5 Å². The number of carbonyl (C=O) groups excluding carboxylic acids is 1. The van der Waals surface area contributed by atoms with Crippen molar-refractivity contribution in [3.63, 3.8) is 0 Å². The lowest BCUT2D eigenvalue weighted by molar-refractivity contribution is -0.0946. The quantitative estimate of drug-likeness (QED) is 0.782. The second-order valence-corrected chi connectivity index (χ2v) is 5.88. The Hall–Kier alpha value is -1.85. The van der Waals surface area contributed by atoms with Gasteiger partial charge in [-0.25, -0.2) is 0 Å². The first-order valence-electron chi connectivity index (χ1n) is 8.03. The molecule has 5 heteroatoms. The Labute approximate surface area is 136 Å². The molecule has 124 valence electrons. The van der Waals surface area contributed by atoms with Crippen molar-refractivity contribution in [3.05, 3.63) is 42.5 Å². The predicted molar refractivity (Wildman–Crippen MR) is 86.7 cm³/mol. The smallest absolute Gasteiger partial charge is 0.254 e. The summed E-state index contributed by atoms with van der Waals surface area (Å²) in [5, 5.41) is 0. The van der Waals surface area contributed by atoms with Gasteiger partial charge in [-0.2, -0.15) is 0 Å². The van der Waals surface area contributed by atoms with Crippen LogP contribution in [-0.4, -0.2) is 55.9 Å². The highest BCUT2D eigenvalue weighted by atomic mass is 16.5.